The van der Waals surface area contributed by atoms with E-state index >= 15 is 0 Å². The maximum absolute atomic E-state index is 3.62. The monoisotopic (exact) mass is 381 g/mol. The molecule has 1 aromatic carbocycles. The summed E-state index contributed by atoms with van der Waals surface area (Å²) >= 11 is 5.21. The Morgan fingerprint density at radius 1 is 1.20 bits per heavy atom. The van der Waals surface area contributed by atoms with E-state index in [-0.39, 0.29) is 24.8 Å². The quantitative estimate of drug-likeness (QED) is 0.475. The van der Waals surface area contributed by atoms with Crippen LogP contribution in [0.4, 0.5) is 0 Å². The van der Waals surface area contributed by atoms with Gasteiger partial charge >= 0.3 is 103 Å². The van der Waals surface area contributed by atoms with Crippen molar-refractivity contribution in [3.05, 3.63) is 38.9 Å². The molecule has 1 atom stereocenters. The van der Waals surface area contributed by atoms with E-state index in [1.165, 1.54) is 26.7 Å². The van der Waals surface area contributed by atoms with Crippen molar-refractivity contribution in [3.63, 3.8) is 0 Å². The van der Waals surface area contributed by atoms with Crippen molar-refractivity contribution < 1.29 is 49.5 Å². The van der Waals surface area contributed by atoms with Gasteiger partial charge in [-0.2, -0.15) is 0 Å². The van der Waals surface area contributed by atoms with Crippen molar-refractivity contribution >= 4 is 22.0 Å². The molecule has 0 N–H and O–H groups in total. The molecule has 79 valence electrons. The number of hydrogen-bond acceptors (Lipinski definition) is 0. The van der Waals surface area contributed by atoms with E-state index in [0.717, 1.165) is 0 Å². The zero-order valence-electron chi connectivity index (χ0n) is 8.44. The summed E-state index contributed by atoms with van der Waals surface area (Å²) in [5, 5.41) is 0. The van der Waals surface area contributed by atoms with Crippen molar-refractivity contribution in [1.29, 1.82) is 0 Å². The number of allylic oxidation sites excluding steroid dienone is 1. The summed E-state index contributed by atoms with van der Waals surface area (Å²) in [7, 11) is 0. The Balaban J connectivity index is 0.000000980. The van der Waals surface area contributed by atoms with Gasteiger partial charge in [0.2, 0.25) is 0 Å². The smallest absolute Gasteiger partial charge is 1.00 e. The van der Waals surface area contributed by atoms with Gasteiger partial charge in [0.25, 0.3) is 0 Å². The van der Waals surface area contributed by atoms with Crippen molar-refractivity contribution in [2.45, 2.75) is 17.5 Å². The van der Waals surface area contributed by atoms with Crippen LogP contribution in [0.1, 0.15) is 27.2 Å². The summed E-state index contributed by atoms with van der Waals surface area (Å²) in [5.74, 6) is 0. The van der Waals surface area contributed by atoms with Crippen LogP contribution >= 0.6 is 15.9 Å². The van der Waals surface area contributed by atoms with Crippen LogP contribution in [-0.4, -0.2) is 0 Å². The van der Waals surface area contributed by atoms with Gasteiger partial charge in [-0.1, -0.05) is 0 Å². The number of benzene rings is 1. The third-order valence-electron chi connectivity index (χ3n) is 2.44. The minimum Gasteiger partial charge on any atom is -1.00 e. The van der Waals surface area contributed by atoms with Crippen molar-refractivity contribution in [2.24, 2.45) is 0 Å². The van der Waals surface area contributed by atoms with Crippen LogP contribution in [0.5, 0.6) is 0 Å². The van der Waals surface area contributed by atoms with Gasteiger partial charge in [-0.05, 0) is 0 Å². The molecule has 1 unspecified atom stereocenters. The summed E-state index contributed by atoms with van der Waals surface area (Å²) in [6, 6.07) is 4.50. The zero-order valence-corrected chi connectivity index (χ0v) is 14.0. The zero-order chi connectivity index (χ0) is 9.59. The first-order valence-corrected chi connectivity index (χ1v) is 6.50. The molecule has 1 aliphatic rings. The van der Waals surface area contributed by atoms with Crippen LogP contribution in [0.3, 0.4) is 0 Å². The van der Waals surface area contributed by atoms with Gasteiger partial charge in [0.1, 0.15) is 0 Å². The van der Waals surface area contributed by atoms with Crippen LogP contribution in [0.2, 0.25) is 0 Å². The topological polar surface area (TPSA) is 0 Å². The standard InChI is InChI=1S/C11H10Br.2ClH.Zr/c1-7-3-9-4-8(2)6-11(12)10(9)5-7;;;/h3-6H,1-2H3;2*1H;/q;;;+2/p-2. The fourth-order valence-corrected chi connectivity index (χ4v) is 3.22. The molecule has 0 radical (unpaired) electrons. The molecule has 0 heterocycles. The van der Waals surface area contributed by atoms with Crippen molar-refractivity contribution in [2.75, 3.05) is 0 Å². The number of aryl methyl sites for hydroxylation is 1. The molecule has 1 aromatic rings. The summed E-state index contributed by atoms with van der Waals surface area (Å²) in [6.07, 6.45) is 2.30. The summed E-state index contributed by atoms with van der Waals surface area (Å²) < 4.78 is 1.92. The average Bonchev–Trinajstić information content (AvgIpc) is 2.32. The molecule has 1 aliphatic carbocycles. The van der Waals surface area contributed by atoms with Crippen LogP contribution in [-0.2, 0) is 24.7 Å². The van der Waals surface area contributed by atoms with Crippen molar-refractivity contribution in [3.8, 4) is 0 Å². The van der Waals surface area contributed by atoms with Gasteiger partial charge < -0.3 is 24.8 Å². The maximum Gasteiger partial charge on any atom is -1.00 e. The largest absolute Gasteiger partial charge is 1.00 e. The third-order valence-corrected chi connectivity index (χ3v) is 4.98. The molecule has 0 spiro atoms. The second kappa shape index (κ2) is 6.00. The van der Waals surface area contributed by atoms with E-state index < -0.39 is 0 Å². The number of hydrogen-bond donors (Lipinski definition) is 0. The van der Waals surface area contributed by atoms with Gasteiger partial charge in [0.15, 0.2) is 0 Å². The van der Waals surface area contributed by atoms with E-state index in [0.29, 0.717) is 3.63 Å². The molecule has 15 heavy (non-hydrogen) atoms. The Morgan fingerprint density at radius 3 is 2.40 bits per heavy atom. The third kappa shape index (κ3) is 2.97. The second-order valence-corrected chi connectivity index (χ2v) is 5.84. The van der Waals surface area contributed by atoms with Gasteiger partial charge in [0.05, 0.1) is 0 Å². The average molecular weight is 384 g/mol. The molecule has 0 nitrogen and oxygen atoms in total. The molecule has 2 rings (SSSR count). The number of halogens is 3. The molecule has 0 saturated carbocycles. The van der Waals surface area contributed by atoms with E-state index in [1.54, 1.807) is 24.7 Å². The minimum absolute atomic E-state index is 0. The predicted molar refractivity (Wildman–Crippen MR) is 55.3 cm³/mol. The van der Waals surface area contributed by atoms with Gasteiger partial charge in [0, 0.05) is 0 Å². The predicted octanol–water partition coefficient (Wildman–Crippen LogP) is -2.23. The molecular formula is C11H10BrCl2Zr. The van der Waals surface area contributed by atoms with Gasteiger partial charge in [-0.15, -0.1) is 0 Å². The molecule has 0 aliphatic heterocycles. The first-order chi connectivity index (χ1) is 6.09. The Labute approximate surface area is 127 Å². The first kappa shape index (κ1) is 15.9. The van der Waals surface area contributed by atoms with E-state index in [4.69, 9.17) is 0 Å². The summed E-state index contributed by atoms with van der Waals surface area (Å²) in [5.41, 5.74) is 5.74. The molecule has 4 heteroatoms. The van der Waals surface area contributed by atoms with Gasteiger partial charge in [-0.25, -0.2) is 0 Å². The van der Waals surface area contributed by atoms with Gasteiger partial charge in [-0.3, -0.25) is 0 Å². The molecular weight excluding hydrogens is 374 g/mol. The minimum atomic E-state index is 0. The number of rotatable bonds is 0. The van der Waals surface area contributed by atoms with Crippen LogP contribution in [0.15, 0.2) is 22.2 Å². The summed E-state index contributed by atoms with van der Waals surface area (Å²) in [4.78, 5) is 0. The molecule has 0 bridgehead atoms. The van der Waals surface area contributed by atoms with Crippen LogP contribution < -0.4 is 24.8 Å². The van der Waals surface area contributed by atoms with E-state index in [2.05, 4.69) is 48.0 Å². The molecule has 0 aromatic heterocycles. The molecule has 0 saturated heterocycles. The number of fused-ring (bicyclic) bond motifs is 1. The van der Waals surface area contributed by atoms with E-state index in [9.17, 15) is 0 Å². The Hall–Kier alpha value is 0.903. The molecule has 0 amide bonds. The van der Waals surface area contributed by atoms with Crippen LogP contribution in [0.25, 0.3) is 6.08 Å². The Kier molecular flexibility index (Phi) is 6.37. The first-order valence-electron chi connectivity index (χ1n) is 4.29. The fraction of sp³-hybridized carbons (Fsp3) is 0.273. The Bertz CT molecular complexity index is 402. The summed E-state index contributed by atoms with van der Waals surface area (Å²) in [6.45, 7) is 4.38. The SMILES string of the molecule is CC1=Cc2c(Br)cc(C)cc2[CH]1[Zr+2].[Cl-].[Cl-]. The second-order valence-electron chi connectivity index (χ2n) is 3.57. The molecule has 0 fully saturated rings. The van der Waals surface area contributed by atoms with Crippen LogP contribution in [0, 0.1) is 6.92 Å². The Morgan fingerprint density at radius 2 is 1.80 bits per heavy atom. The fourth-order valence-electron chi connectivity index (χ4n) is 1.73. The van der Waals surface area contributed by atoms with E-state index in [1.807, 2.05) is 0 Å². The van der Waals surface area contributed by atoms with Crippen molar-refractivity contribution in [1.82, 2.24) is 0 Å². The normalized spacial score (nSPS) is 17.4. The maximum atomic E-state index is 3.62.